The second kappa shape index (κ2) is 6.73. The van der Waals surface area contributed by atoms with Crippen molar-refractivity contribution in [2.24, 2.45) is 0 Å². The van der Waals surface area contributed by atoms with E-state index in [9.17, 15) is 4.79 Å². The van der Waals surface area contributed by atoms with Crippen molar-refractivity contribution in [3.8, 4) is 11.3 Å². The number of fused-ring (bicyclic) bond motifs is 1. The van der Waals surface area contributed by atoms with E-state index < -0.39 is 0 Å². The minimum absolute atomic E-state index is 0.0725. The van der Waals surface area contributed by atoms with Crippen molar-refractivity contribution in [2.45, 2.75) is 44.6 Å². The summed E-state index contributed by atoms with van der Waals surface area (Å²) in [6.45, 7) is 0. The first kappa shape index (κ1) is 15.3. The summed E-state index contributed by atoms with van der Waals surface area (Å²) in [4.78, 5) is 22.5. The third-order valence-corrected chi connectivity index (χ3v) is 5.36. The molecule has 1 saturated carbocycles. The van der Waals surface area contributed by atoms with E-state index in [1.165, 1.54) is 37.0 Å². The number of amides is 1. The van der Waals surface area contributed by atoms with Crippen molar-refractivity contribution >= 4 is 22.2 Å². The lowest BCUT2D eigenvalue weighted by Gasteiger charge is -2.15. The van der Waals surface area contributed by atoms with Crippen molar-refractivity contribution in [2.75, 3.05) is 0 Å². The van der Waals surface area contributed by atoms with E-state index in [1.54, 1.807) is 12.4 Å². The zero-order valence-electron chi connectivity index (χ0n) is 13.4. The first-order valence-corrected chi connectivity index (χ1v) is 9.38. The normalized spacial score (nSPS) is 16.2. The molecule has 124 valence electrons. The highest BCUT2D eigenvalue weighted by Gasteiger charge is 2.23. The van der Waals surface area contributed by atoms with Crippen LogP contribution < -0.4 is 5.32 Å². The second-order valence-corrected chi connectivity index (χ2v) is 7.14. The van der Waals surface area contributed by atoms with Gasteiger partial charge < -0.3 is 5.32 Å². The maximum Gasteiger partial charge on any atom is 0.272 e. The molecule has 0 bridgehead atoms. The molecule has 0 atom stereocenters. The van der Waals surface area contributed by atoms with Gasteiger partial charge in [-0.3, -0.25) is 14.2 Å². The maximum atomic E-state index is 12.9. The highest BCUT2D eigenvalue weighted by atomic mass is 32.1. The first-order valence-electron chi connectivity index (χ1n) is 8.50. The Kier molecular flexibility index (Phi) is 4.30. The van der Waals surface area contributed by atoms with Gasteiger partial charge in [-0.2, -0.15) is 0 Å². The average Bonchev–Trinajstić information content (AvgIpc) is 3.10. The number of carbonyl (C=O) groups is 1. The standard InChI is InChI=1S/C18H20N4OS/c23-17(20-14-7-3-1-2-4-8-14)15-16(13-6-5-9-19-12-13)22-10-11-24-18(22)21-15/h5-6,9-12,14H,1-4,7-8H2,(H,20,23). The molecule has 5 nitrogen and oxygen atoms in total. The number of hydrogen-bond donors (Lipinski definition) is 1. The first-order chi connectivity index (χ1) is 11.8. The fourth-order valence-corrected chi connectivity index (χ4v) is 4.11. The third kappa shape index (κ3) is 2.94. The van der Waals surface area contributed by atoms with Crippen LogP contribution in [0, 0.1) is 0 Å². The molecule has 3 aromatic rings. The highest BCUT2D eigenvalue weighted by molar-refractivity contribution is 7.15. The van der Waals surface area contributed by atoms with Crippen molar-refractivity contribution in [3.05, 3.63) is 41.8 Å². The van der Waals surface area contributed by atoms with Gasteiger partial charge in [0.2, 0.25) is 0 Å². The molecule has 0 radical (unpaired) electrons. The number of rotatable bonds is 3. The van der Waals surface area contributed by atoms with Gasteiger partial charge in [0.15, 0.2) is 10.7 Å². The van der Waals surface area contributed by atoms with Gasteiger partial charge in [0.1, 0.15) is 0 Å². The molecular weight excluding hydrogens is 320 g/mol. The molecule has 24 heavy (non-hydrogen) atoms. The number of thiazole rings is 1. The zero-order valence-corrected chi connectivity index (χ0v) is 14.3. The molecule has 1 aliphatic rings. The van der Waals surface area contributed by atoms with Crippen LogP contribution in [0.25, 0.3) is 16.2 Å². The SMILES string of the molecule is O=C(NC1CCCCCC1)c1nc2sccn2c1-c1cccnc1. The largest absolute Gasteiger partial charge is 0.348 e. The molecule has 1 aliphatic carbocycles. The van der Waals surface area contributed by atoms with Gasteiger partial charge in [-0.1, -0.05) is 25.7 Å². The predicted octanol–water partition coefficient (Wildman–Crippen LogP) is 3.91. The fourth-order valence-electron chi connectivity index (χ4n) is 3.40. The van der Waals surface area contributed by atoms with E-state index in [1.807, 2.05) is 28.1 Å². The van der Waals surface area contributed by atoms with Gasteiger partial charge >= 0.3 is 0 Å². The number of imidazole rings is 1. The van der Waals surface area contributed by atoms with E-state index in [-0.39, 0.29) is 11.9 Å². The maximum absolute atomic E-state index is 12.9. The van der Waals surface area contributed by atoms with Gasteiger partial charge in [0.25, 0.3) is 5.91 Å². The van der Waals surface area contributed by atoms with Crippen LogP contribution in [0.5, 0.6) is 0 Å². The van der Waals surface area contributed by atoms with Gasteiger partial charge in [-0.25, -0.2) is 4.98 Å². The number of nitrogens with one attached hydrogen (secondary N) is 1. The molecule has 0 saturated heterocycles. The minimum Gasteiger partial charge on any atom is -0.348 e. The Labute approximate surface area is 144 Å². The third-order valence-electron chi connectivity index (χ3n) is 4.60. The van der Waals surface area contributed by atoms with Crippen molar-refractivity contribution in [1.29, 1.82) is 0 Å². The quantitative estimate of drug-likeness (QED) is 0.735. The van der Waals surface area contributed by atoms with Crippen molar-refractivity contribution in [1.82, 2.24) is 19.7 Å². The molecule has 1 N–H and O–H groups in total. The lowest BCUT2D eigenvalue weighted by Crippen LogP contribution is -2.34. The fraction of sp³-hybridized carbons (Fsp3) is 0.389. The lowest BCUT2D eigenvalue weighted by atomic mass is 10.1. The summed E-state index contributed by atoms with van der Waals surface area (Å²) < 4.78 is 1.98. The molecule has 0 aromatic carbocycles. The van der Waals surface area contributed by atoms with Gasteiger partial charge in [0.05, 0.1) is 5.69 Å². The van der Waals surface area contributed by atoms with Crippen LogP contribution in [0.1, 0.15) is 49.0 Å². The van der Waals surface area contributed by atoms with Crippen LogP contribution in [0.3, 0.4) is 0 Å². The van der Waals surface area contributed by atoms with E-state index in [4.69, 9.17) is 0 Å². The van der Waals surface area contributed by atoms with Crippen LogP contribution in [0.2, 0.25) is 0 Å². The number of nitrogens with zero attached hydrogens (tertiary/aromatic N) is 3. The summed E-state index contributed by atoms with van der Waals surface area (Å²) in [6.07, 6.45) is 12.5. The molecule has 3 aromatic heterocycles. The summed E-state index contributed by atoms with van der Waals surface area (Å²) in [5.74, 6) is -0.0725. The van der Waals surface area contributed by atoms with Gasteiger partial charge in [-0.05, 0) is 25.0 Å². The van der Waals surface area contributed by atoms with Crippen LogP contribution in [-0.2, 0) is 0 Å². The van der Waals surface area contributed by atoms with E-state index in [2.05, 4.69) is 15.3 Å². The molecule has 3 heterocycles. The summed E-state index contributed by atoms with van der Waals surface area (Å²) in [5.41, 5.74) is 2.24. The van der Waals surface area contributed by atoms with E-state index >= 15 is 0 Å². The molecule has 6 heteroatoms. The Bertz CT molecular complexity index is 831. The summed E-state index contributed by atoms with van der Waals surface area (Å²) in [5, 5.41) is 5.19. The number of pyridine rings is 1. The molecule has 4 rings (SSSR count). The second-order valence-electron chi connectivity index (χ2n) is 6.27. The lowest BCUT2D eigenvalue weighted by molar-refractivity contribution is 0.0929. The topological polar surface area (TPSA) is 59.3 Å². The molecular formula is C18H20N4OS. The van der Waals surface area contributed by atoms with Gasteiger partial charge in [-0.15, -0.1) is 11.3 Å². The van der Waals surface area contributed by atoms with E-state index in [0.29, 0.717) is 5.69 Å². The monoisotopic (exact) mass is 340 g/mol. The molecule has 0 unspecified atom stereocenters. The summed E-state index contributed by atoms with van der Waals surface area (Å²) in [6, 6.07) is 4.12. The van der Waals surface area contributed by atoms with Crippen LogP contribution in [0.4, 0.5) is 0 Å². The molecule has 1 amide bonds. The zero-order chi connectivity index (χ0) is 16.4. The average molecular weight is 340 g/mol. The van der Waals surface area contributed by atoms with Crippen LogP contribution in [0.15, 0.2) is 36.1 Å². The van der Waals surface area contributed by atoms with Crippen LogP contribution >= 0.6 is 11.3 Å². The highest BCUT2D eigenvalue weighted by Crippen LogP contribution is 2.27. The van der Waals surface area contributed by atoms with Gasteiger partial charge in [0, 0.05) is 35.6 Å². The number of aromatic nitrogens is 3. The summed E-state index contributed by atoms with van der Waals surface area (Å²) in [7, 11) is 0. The van der Waals surface area contributed by atoms with Crippen LogP contribution in [-0.4, -0.2) is 26.3 Å². The Hall–Kier alpha value is -2.21. The Morgan fingerprint density at radius 2 is 2.08 bits per heavy atom. The van der Waals surface area contributed by atoms with Crippen molar-refractivity contribution in [3.63, 3.8) is 0 Å². The number of carbonyl (C=O) groups excluding carboxylic acids is 1. The molecule has 0 aliphatic heterocycles. The Balaban J connectivity index is 1.68. The Morgan fingerprint density at radius 1 is 1.25 bits per heavy atom. The summed E-state index contributed by atoms with van der Waals surface area (Å²) >= 11 is 1.54. The molecule has 0 spiro atoms. The Morgan fingerprint density at radius 3 is 2.83 bits per heavy atom. The minimum atomic E-state index is -0.0725. The smallest absolute Gasteiger partial charge is 0.272 e. The molecule has 1 fully saturated rings. The van der Waals surface area contributed by atoms with E-state index in [0.717, 1.165) is 29.1 Å². The van der Waals surface area contributed by atoms with Crippen molar-refractivity contribution < 1.29 is 4.79 Å². The number of hydrogen-bond acceptors (Lipinski definition) is 4. The predicted molar refractivity (Wildman–Crippen MR) is 95.3 cm³/mol.